The van der Waals surface area contributed by atoms with Gasteiger partial charge in [-0.25, -0.2) is 9.78 Å². The van der Waals surface area contributed by atoms with Crippen LogP contribution >= 0.6 is 23.2 Å². The van der Waals surface area contributed by atoms with Crippen LogP contribution in [-0.2, 0) is 4.74 Å². The van der Waals surface area contributed by atoms with Crippen LogP contribution in [-0.4, -0.2) is 18.1 Å². The molecule has 1 aromatic heterocycles. The van der Waals surface area contributed by atoms with Crippen LogP contribution in [0.1, 0.15) is 16.1 Å². The smallest absolute Gasteiger partial charge is 0.356 e. The molecule has 1 aromatic carbocycles. The molecular weight excluding hydrogens is 285 g/mol. The molecular formula is C14H11Cl2NO2. The van der Waals surface area contributed by atoms with E-state index in [4.69, 9.17) is 27.9 Å². The molecule has 0 spiro atoms. The van der Waals surface area contributed by atoms with Gasteiger partial charge in [0.25, 0.3) is 0 Å². The van der Waals surface area contributed by atoms with Crippen LogP contribution in [0.2, 0.25) is 10.0 Å². The van der Waals surface area contributed by atoms with Crippen molar-refractivity contribution in [1.82, 2.24) is 4.98 Å². The molecule has 0 bridgehead atoms. The normalized spacial score (nSPS) is 10.3. The standard InChI is InChI=1S/C14H11Cl2NO2/c1-8-3-6-12(17-13(8)14(18)19-2)10-5-4-9(15)7-11(10)16/h3-7H,1-2H3. The van der Waals surface area contributed by atoms with E-state index in [0.29, 0.717) is 15.7 Å². The average molecular weight is 296 g/mol. The van der Waals surface area contributed by atoms with Gasteiger partial charge < -0.3 is 4.74 Å². The number of methoxy groups -OCH3 is 1. The predicted octanol–water partition coefficient (Wildman–Crippen LogP) is 4.15. The topological polar surface area (TPSA) is 39.2 Å². The number of carbonyl (C=O) groups excluding carboxylic acids is 1. The summed E-state index contributed by atoms with van der Waals surface area (Å²) in [5, 5.41) is 1.04. The molecule has 0 saturated heterocycles. The molecule has 0 saturated carbocycles. The number of carbonyl (C=O) groups is 1. The van der Waals surface area contributed by atoms with E-state index in [0.717, 1.165) is 11.1 Å². The molecule has 0 aliphatic rings. The quantitative estimate of drug-likeness (QED) is 0.781. The molecule has 98 valence electrons. The fourth-order valence-electron chi connectivity index (χ4n) is 1.68. The Labute approximate surface area is 121 Å². The Morgan fingerprint density at radius 2 is 1.95 bits per heavy atom. The lowest BCUT2D eigenvalue weighted by Crippen LogP contribution is -2.07. The highest BCUT2D eigenvalue weighted by molar-refractivity contribution is 6.36. The van der Waals surface area contributed by atoms with Gasteiger partial charge in [-0.3, -0.25) is 0 Å². The minimum atomic E-state index is -0.468. The van der Waals surface area contributed by atoms with Gasteiger partial charge >= 0.3 is 5.97 Å². The Morgan fingerprint density at radius 1 is 1.21 bits per heavy atom. The van der Waals surface area contributed by atoms with Gasteiger partial charge in [0.05, 0.1) is 17.8 Å². The number of nitrogens with zero attached hydrogens (tertiary/aromatic N) is 1. The van der Waals surface area contributed by atoms with Crippen LogP contribution in [0, 0.1) is 6.92 Å². The first-order valence-electron chi connectivity index (χ1n) is 5.54. The van der Waals surface area contributed by atoms with E-state index in [1.807, 2.05) is 0 Å². The minimum Gasteiger partial charge on any atom is -0.464 e. The molecule has 0 aliphatic heterocycles. The summed E-state index contributed by atoms with van der Waals surface area (Å²) < 4.78 is 4.70. The van der Waals surface area contributed by atoms with Gasteiger partial charge in [-0.1, -0.05) is 29.3 Å². The first-order valence-corrected chi connectivity index (χ1v) is 6.30. The third-order valence-corrected chi connectivity index (χ3v) is 3.23. The number of esters is 1. The van der Waals surface area contributed by atoms with E-state index in [1.165, 1.54) is 7.11 Å². The maximum absolute atomic E-state index is 11.6. The predicted molar refractivity (Wildman–Crippen MR) is 75.8 cm³/mol. The molecule has 2 rings (SSSR count). The van der Waals surface area contributed by atoms with Crippen molar-refractivity contribution in [1.29, 1.82) is 0 Å². The third-order valence-electron chi connectivity index (χ3n) is 2.68. The molecule has 0 aliphatic carbocycles. The van der Waals surface area contributed by atoms with Gasteiger partial charge in [0.15, 0.2) is 5.69 Å². The largest absolute Gasteiger partial charge is 0.464 e. The SMILES string of the molecule is COC(=O)c1nc(-c2ccc(Cl)cc2Cl)ccc1C. The fraction of sp³-hybridized carbons (Fsp3) is 0.143. The molecule has 0 amide bonds. The van der Waals surface area contributed by atoms with Crippen molar-refractivity contribution in [2.24, 2.45) is 0 Å². The van der Waals surface area contributed by atoms with Gasteiger partial charge in [0.2, 0.25) is 0 Å². The van der Waals surface area contributed by atoms with Crippen LogP contribution in [0.15, 0.2) is 30.3 Å². The zero-order chi connectivity index (χ0) is 14.0. The van der Waals surface area contributed by atoms with E-state index < -0.39 is 5.97 Å². The molecule has 19 heavy (non-hydrogen) atoms. The first-order chi connectivity index (χ1) is 9.02. The molecule has 0 fully saturated rings. The lowest BCUT2D eigenvalue weighted by molar-refractivity contribution is 0.0593. The molecule has 0 unspecified atom stereocenters. The van der Waals surface area contributed by atoms with Crippen molar-refractivity contribution in [3.63, 3.8) is 0 Å². The number of aryl methyl sites for hydroxylation is 1. The number of aromatic nitrogens is 1. The summed E-state index contributed by atoms with van der Waals surface area (Å²) in [6.45, 7) is 1.80. The van der Waals surface area contributed by atoms with E-state index in [-0.39, 0.29) is 5.69 Å². The summed E-state index contributed by atoms with van der Waals surface area (Å²) in [5.41, 5.74) is 2.36. The highest BCUT2D eigenvalue weighted by atomic mass is 35.5. The number of hydrogen-bond acceptors (Lipinski definition) is 3. The Hall–Kier alpha value is -1.58. The van der Waals surface area contributed by atoms with Crippen LogP contribution in [0.5, 0.6) is 0 Å². The second-order valence-corrected chi connectivity index (χ2v) is 4.82. The van der Waals surface area contributed by atoms with Gasteiger partial charge in [-0.2, -0.15) is 0 Å². The Kier molecular flexibility index (Phi) is 4.08. The van der Waals surface area contributed by atoms with Gasteiger partial charge in [0, 0.05) is 10.6 Å². The summed E-state index contributed by atoms with van der Waals surface area (Å²) in [7, 11) is 1.32. The summed E-state index contributed by atoms with van der Waals surface area (Å²) in [4.78, 5) is 15.9. The molecule has 0 N–H and O–H groups in total. The number of hydrogen-bond donors (Lipinski definition) is 0. The number of benzene rings is 1. The molecule has 1 heterocycles. The molecule has 0 radical (unpaired) electrons. The van der Waals surface area contributed by atoms with E-state index in [2.05, 4.69) is 4.98 Å². The lowest BCUT2D eigenvalue weighted by Gasteiger charge is -2.08. The van der Waals surface area contributed by atoms with Crippen LogP contribution in [0.3, 0.4) is 0 Å². The summed E-state index contributed by atoms with van der Waals surface area (Å²) >= 11 is 12.0. The van der Waals surface area contributed by atoms with Crippen LogP contribution in [0.4, 0.5) is 0 Å². The zero-order valence-corrected chi connectivity index (χ0v) is 11.9. The van der Waals surface area contributed by atoms with Gasteiger partial charge in [0.1, 0.15) is 0 Å². The van der Waals surface area contributed by atoms with Crippen molar-refractivity contribution in [3.8, 4) is 11.3 Å². The Morgan fingerprint density at radius 3 is 2.58 bits per heavy atom. The summed E-state index contributed by atoms with van der Waals surface area (Å²) in [6, 6.07) is 8.74. The Balaban J connectivity index is 2.54. The molecule has 2 aromatic rings. The maximum Gasteiger partial charge on any atom is 0.356 e. The van der Waals surface area contributed by atoms with Gasteiger partial charge in [-0.15, -0.1) is 0 Å². The molecule has 0 atom stereocenters. The second-order valence-electron chi connectivity index (χ2n) is 3.98. The first kappa shape index (κ1) is 13.8. The second kappa shape index (κ2) is 5.59. The Bertz CT molecular complexity index is 641. The highest BCUT2D eigenvalue weighted by Crippen LogP contribution is 2.29. The van der Waals surface area contributed by atoms with Crippen LogP contribution < -0.4 is 0 Å². The number of halogens is 2. The molecule has 3 nitrogen and oxygen atoms in total. The van der Waals surface area contributed by atoms with Crippen molar-refractivity contribution in [2.75, 3.05) is 7.11 Å². The van der Waals surface area contributed by atoms with Crippen molar-refractivity contribution >= 4 is 29.2 Å². The average Bonchev–Trinajstić information content (AvgIpc) is 2.39. The van der Waals surface area contributed by atoms with E-state index in [9.17, 15) is 4.79 Å². The third kappa shape index (κ3) is 2.88. The van der Waals surface area contributed by atoms with Crippen molar-refractivity contribution in [3.05, 3.63) is 51.6 Å². The number of rotatable bonds is 2. The van der Waals surface area contributed by atoms with Crippen molar-refractivity contribution < 1.29 is 9.53 Å². The zero-order valence-electron chi connectivity index (χ0n) is 10.4. The minimum absolute atomic E-state index is 0.283. The fourth-order valence-corrected chi connectivity index (χ4v) is 2.18. The number of ether oxygens (including phenoxy) is 1. The lowest BCUT2D eigenvalue weighted by atomic mass is 10.1. The maximum atomic E-state index is 11.6. The van der Waals surface area contributed by atoms with Crippen molar-refractivity contribution in [2.45, 2.75) is 6.92 Å². The number of pyridine rings is 1. The monoisotopic (exact) mass is 295 g/mol. The highest BCUT2D eigenvalue weighted by Gasteiger charge is 2.14. The van der Waals surface area contributed by atoms with E-state index >= 15 is 0 Å². The summed E-state index contributed by atoms with van der Waals surface area (Å²) in [5.74, 6) is -0.468. The van der Waals surface area contributed by atoms with E-state index in [1.54, 1.807) is 37.3 Å². The van der Waals surface area contributed by atoms with Crippen LogP contribution in [0.25, 0.3) is 11.3 Å². The molecule has 5 heteroatoms. The van der Waals surface area contributed by atoms with Gasteiger partial charge in [-0.05, 0) is 36.8 Å². The summed E-state index contributed by atoms with van der Waals surface area (Å²) in [6.07, 6.45) is 0.